The van der Waals surface area contributed by atoms with Crippen LogP contribution in [0.4, 0.5) is 0 Å². The molecule has 0 radical (unpaired) electrons. The fourth-order valence-corrected chi connectivity index (χ4v) is 3.36. The quantitative estimate of drug-likeness (QED) is 0.363. The summed E-state index contributed by atoms with van der Waals surface area (Å²) < 4.78 is 0. The van der Waals surface area contributed by atoms with Crippen LogP contribution in [0.25, 0.3) is 0 Å². The summed E-state index contributed by atoms with van der Waals surface area (Å²) in [5, 5.41) is 7.31. The number of amides is 1. The van der Waals surface area contributed by atoms with Gasteiger partial charge in [-0.05, 0) is 31.4 Å². The molecular formula is C19H30ClIN4O. The standard InChI is InChI=1S/C19H29ClN4O.HI/c1-4-21-18(22-13-17(25)24-11-7-8-12-24)23-14-19(2,3)15-9-5-6-10-16(15)20;/h5-6,9-10H,4,7-8,11-14H2,1-3H3,(H2,21,22,23);1H. The van der Waals surface area contributed by atoms with Crippen LogP contribution in [0.2, 0.25) is 5.02 Å². The molecule has 0 atom stereocenters. The molecule has 146 valence electrons. The molecule has 0 unspecified atom stereocenters. The number of hydrogen-bond acceptors (Lipinski definition) is 2. The molecule has 1 aromatic carbocycles. The number of nitrogens with zero attached hydrogens (tertiary/aromatic N) is 2. The summed E-state index contributed by atoms with van der Waals surface area (Å²) in [5.74, 6) is 0.759. The van der Waals surface area contributed by atoms with Gasteiger partial charge >= 0.3 is 0 Å². The van der Waals surface area contributed by atoms with Crippen LogP contribution in [0.3, 0.4) is 0 Å². The normalized spacial score (nSPS) is 14.8. The van der Waals surface area contributed by atoms with Crippen LogP contribution in [0.15, 0.2) is 29.3 Å². The minimum absolute atomic E-state index is 0. The number of rotatable bonds is 6. The second-order valence-corrected chi connectivity index (χ2v) is 7.41. The Morgan fingerprint density at radius 3 is 2.50 bits per heavy atom. The highest BCUT2D eigenvalue weighted by atomic mass is 127. The second-order valence-electron chi connectivity index (χ2n) is 7.00. The third-order valence-electron chi connectivity index (χ3n) is 4.48. The van der Waals surface area contributed by atoms with E-state index in [9.17, 15) is 4.79 Å². The number of hydrogen-bond donors (Lipinski definition) is 2. The second kappa shape index (κ2) is 11.0. The van der Waals surface area contributed by atoms with Crippen molar-refractivity contribution in [2.75, 3.05) is 32.7 Å². The summed E-state index contributed by atoms with van der Waals surface area (Å²) in [6.45, 7) is 9.60. The van der Waals surface area contributed by atoms with Crippen molar-refractivity contribution in [1.82, 2.24) is 15.5 Å². The smallest absolute Gasteiger partial charge is 0.244 e. The van der Waals surface area contributed by atoms with Gasteiger partial charge in [-0.3, -0.25) is 4.79 Å². The molecule has 1 aliphatic heterocycles. The molecule has 26 heavy (non-hydrogen) atoms. The van der Waals surface area contributed by atoms with Crippen LogP contribution < -0.4 is 10.6 Å². The third-order valence-corrected chi connectivity index (χ3v) is 4.81. The predicted molar refractivity (Wildman–Crippen MR) is 120 cm³/mol. The Labute approximate surface area is 179 Å². The highest BCUT2D eigenvalue weighted by Gasteiger charge is 2.23. The lowest BCUT2D eigenvalue weighted by Gasteiger charge is -2.27. The molecule has 1 aromatic rings. The maximum atomic E-state index is 12.2. The number of halogens is 2. The molecule has 1 heterocycles. The highest BCUT2D eigenvalue weighted by Crippen LogP contribution is 2.28. The fourth-order valence-electron chi connectivity index (χ4n) is 2.96. The van der Waals surface area contributed by atoms with Gasteiger partial charge in [0.25, 0.3) is 0 Å². The van der Waals surface area contributed by atoms with Gasteiger partial charge in [-0.1, -0.05) is 43.6 Å². The lowest BCUT2D eigenvalue weighted by Crippen LogP contribution is -2.44. The number of carbonyl (C=O) groups excluding carboxylic acids is 1. The van der Waals surface area contributed by atoms with Gasteiger partial charge in [0.2, 0.25) is 5.91 Å². The van der Waals surface area contributed by atoms with Gasteiger partial charge < -0.3 is 15.5 Å². The zero-order valence-corrected chi connectivity index (χ0v) is 18.9. The maximum absolute atomic E-state index is 12.2. The summed E-state index contributed by atoms with van der Waals surface area (Å²) in [6.07, 6.45) is 2.19. The van der Waals surface area contributed by atoms with Crippen LogP contribution in [0, 0.1) is 0 Å². The van der Waals surface area contributed by atoms with Crippen molar-refractivity contribution in [2.45, 2.75) is 39.0 Å². The summed E-state index contributed by atoms with van der Waals surface area (Å²) in [4.78, 5) is 18.5. The Bertz CT molecular complexity index is 615. The number of aliphatic imine (C=N–C) groups is 1. The molecule has 1 saturated heterocycles. The Balaban J connectivity index is 0.00000338. The average molecular weight is 493 g/mol. The number of guanidine groups is 1. The maximum Gasteiger partial charge on any atom is 0.244 e. The van der Waals surface area contributed by atoms with E-state index in [-0.39, 0.29) is 41.8 Å². The monoisotopic (exact) mass is 492 g/mol. The largest absolute Gasteiger partial charge is 0.357 e. The Morgan fingerprint density at radius 2 is 1.88 bits per heavy atom. The van der Waals surface area contributed by atoms with Crippen molar-refractivity contribution in [2.24, 2.45) is 4.99 Å². The van der Waals surface area contributed by atoms with Crippen molar-refractivity contribution in [3.8, 4) is 0 Å². The molecule has 0 aliphatic carbocycles. The highest BCUT2D eigenvalue weighted by molar-refractivity contribution is 14.0. The van der Waals surface area contributed by atoms with E-state index in [0.29, 0.717) is 12.5 Å². The number of benzene rings is 1. The van der Waals surface area contributed by atoms with Gasteiger partial charge in [0.1, 0.15) is 6.54 Å². The molecule has 2 rings (SSSR count). The van der Waals surface area contributed by atoms with Crippen molar-refractivity contribution in [3.05, 3.63) is 34.9 Å². The van der Waals surface area contributed by atoms with E-state index in [4.69, 9.17) is 11.6 Å². The first kappa shape index (κ1) is 23.0. The van der Waals surface area contributed by atoms with Gasteiger partial charge in [-0.2, -0.15) is 0 Å². The first-order valence-corrected chi connectivity index (χ1v) is 9.37. The van der Waals surface area contributed by atoms with E-state index in [0.717, 1.165) is 43.1 Å². The van der Waals surface area contributed by atoms with Crippen LogP contribution in [0.5, 0.6) is 0 Å². The molecule has 0 aromatic heterocycles. The van der Waals surface area contributed by atoms with Crippen LogP contribution in [-0.2, 0) is 10.2 Å². The van der Waals surface area contributed by atoms with Crippen LogP contribution in [-0.4, -0.2) is 49.5 Å². The molecule has 1 amide bonds. The number of nitrogens with one attached hydrogen (secondary N) is 2. The zero-order valence-electron chi connectivity index (χ0n) is 15.8. The van der Waals surface area contributed by atoms with Gasteiger partial charge in [0, 0.05) is 36.6 Å². The lowest BCUT2D eigenvalue weighted by molar-refractivity contribution is -0.128. The molecule has 0 saturated carbocycles. The molecule has 7 heteroatoms. The minimum Gasteiger partial charge on any atom is -0.357 e. The van der Waals surface area contributed by atoms with E-state index in [1.807, 2.05) is 36.1 Å². The molecule has 1 fully saturated rings. The summed E-state index contributed by atoms with van der Waals surface area (Å²) in [5.41, 5.74) is 0.932. The van der Waals surface area contributed by atoms with Crippen molar-refractivity contribution in [1.29, 1.82) is 0 Å². The SMILES string of the molecule is CCNC(=NCC(=O)N1CCCC1)NCC(C)(C)c1ccccc1Cl.I. The molecule has 0 spiro atoms. The topological polar surface area (TPSA) is 56.7 Å². The first-order chi connectivity index (χ1) is 11.9. The van der Waals surface area contributed by atoms with Gasteiger partial charge in [-0.25, -0.2) is 4.99 Å². The third kappa shape index (κ3) is 6.61. The Kier molecular flexibility index (Phi) is 9.71. The van der Waals surface area contributed by atoms with E-state index < -0.39 is 0 Å². The van der Waals surface area contributed by atoms with Crippen LogP contribution >= 0.6 is 35.6 Å². The molecule has 2 N–H and O–H groups in total. The minimum atomic E-state index is -0.159. The molecule has 5 nitrogen and oxygen atoms in total. The summed E-state index contributed by atoms with van der Waals surface area (Å²) >= 11 is 6.34. The van der Waals surface area contributed by atoms with E-state index in [1.165, 1.54) is 0 Å². The lowest BCUT2D eigenvalue weighted by atomic mass is 9.84. The summed E-state index contributed by atoms with van der Waals surface area (Å²) in [6, 6.07) is 7.89. The summed E-state index contributed by atoms with van der Waals surface area (Å²) in [7, 11) is 0. The first-order valence-electron chi connectivity index (χ1n) is 8.99. The molecule has 1 aliphatic rings. The van der Waals surface area contributed by atoms with E-state index in [1.54, 1.807) is 0 Å². The number of carbonyl (C=O) groups is 1. The average Bonchev–Trinajstić information content (AvgIpc) is 3.12. The molecule has 0 bridgehead atoms. The Morgan fingerprint density at radius 1 is 1.23 bits per heavy atom. The Hall–Kier alpha value is -1.02. The van der Waals surface area contributed by atoms with Crippen molar-refractivity contribution in [3.63, 3.8) is 0 Å². The van der Waals surface area contributed by atoms with E-state index >= 15 is 0 Å². The van der Waals surface area contributed by atoms with Crippen molar-refractivity contribution >= 4 is 47.4 Å². The predicted octanol–water partition coefficient (Wildman–Crippen LogP) is 3.41. The number of likely N-dealkylation sites (tertiary alicyclic amines) is 1. The van der Waals surface area contributed by atoms with Crippen LogP contribution in [0.1, 0.15) is 39.2 Å². The van der Waals surface area contributed by atoms with Gasteiger partial charge in [-0.15, -0.1) is 24.0 Å². The van der Waals surface area contributed by atoms with Gasteiger partial charge in [0.05, 0.1) is 0 Å². The molecular weight excluding hydrogens is 463 g/mol. The van der Waals surface area contributed by atoms with Gasteiger partial charge in [0.15, 0.2) is 5.96 Å². The zero-order chi connectivity index (χ0) is 18.3. The van der Waals surface area contributed by atoms with E-state index in [2.05, 4.69) is 29.5 Å². The van der Waals surface area contributed by atoms with Crippen molar-refractivity contribution < 1.29 is 4.79 Å². The fraction of sp³-hybridized carbons (Fsp3) is 0.579.